The fourth-order valence-electron chi connectivity index (χ4n) is 1.56. The second kappa shape index (κ2) is 6.65. The van der Waals surface area contributed by atoms with Gasteiger partial charge in [-0.05, 0) is 12.1 Å². The lowest BCUT2D eigenvalue weighted by molar-refractivity contribution is 0.174. The highest BCUT2D eigenvalue weighted by atomic mass is 16.7. The first kappa shape index (κ1) is 15.6. The van der Waals surface area contributed by atoms with E-state index in [0.29, 0.717) is 11.5 Å². The molecule has 2 rings (SSSR count). The Bertz CT molecular complexity index is 504. The number of hydrogen-bond donors (Lipinski definition) is 3. The van der Waals surface area contributed by atoms with E-state index in [1.54, 1.807) is 31.1 Å². The molecule has 0 bridgehead atoms. The number of benzene rings is 1. The molecule has 0 fully saturated rings. The minimum absolute atomic E-state index is 0.0985. The van der Waals surface area contributed by atoms with Gasteiger partial charge >= 0.3 is 0 Å². The molecule has 0 unspecified atom stereocenters. The summed E-state index contributed by atoms with van der Waals surface area (Å²) >= 11 is 0. The predicted octanol–water partition coefficient (Wildman–Crippen LogP) is 1.64. The number of nitrogens with one attached hydrogen (secondary N) is 2. The number of fused-ring (bicyclic) bond motifs is 1. The second-order valence-corrected chi connectivity index (χ2v) is 3.86. The quantitative estimate of drug-likeness (QED) is 0.536. The summed E-state index contributed by atoms with van der Waals surface area (Å²) in [4.78, 5) is 2.87. The lowest BCUT2D eigenvalue weighted by atomic mass is 10.2. The average molecular weight is 279 g/mol. The SMILES string of the molecule is CC.CN(C(=N)N)C(=N)N(C)c1ccc2c(c1)OCO2. The highest BCUT2D eigenvalue weighted by Crippen LogP contribution is 2.35. The Labute approximate surface area is 118 Å². The zero-order valence-corrected chi connectivity index (χ0v) is 12.2. The van der Waals surface area contributed by atoms with Gasteiger partial charge in [-0.2, -0.15) is 0 Å². The first-order valence-electron chi connectivity index (χ1n) is 6.30. The molecule has 1 aromatic rings. The third-order valence-corrected chi connectivity index (χ3v) is 2.74. The van der Waals surface area contributed by atoms with Crippen LogP contribution in [0.2, 0.25) is 0 Å². The lowest BCUT2D eigenvalue weighted by Crippen LogP contribution is -2.45. The molecule has 110 valence electrons. The maximum Gasteiger partial charge on any atom is 0.231 e. The van der Waals surface area contributed by atoms with Gasteiger partial charge in [-0.3, -0.25) is 15.7 Å². The zero-order chi connectivity index (χ0) is 15.3. The second-order valence-electron chi connectivity index (χ2n) is 3.86. The van der Waals surface area contributed by atoms with Gasteiger partial charge in [-0.1, -0.05) is 13.8 Å². The van der Waals surface area contributed by atoms with Crippen molar-refractivity contribution in [2.75, 3.05) is 25.8 Å². The van der Waals surface area contributed by atoms with Crippen molar-refractivity contribution in [3.05, 3.63) is 18.2 Å². The summed E-state index contributed by atoms with van der Waals surface area (Å²) in [5.41, 5.74) is 6.10. The summed E-state index contributed by atoms with van der Waals surface area (Å²) in [6, 6.07) is 5.39. The van der Waals surface area contributed by atoms with E-state index in [9.17, 15) is 0 Å². The first-order valence-corrected chi connectivity index (χ1v) is 6.30. The molecule has 1 aliphatic heterocycles. The molecule has 0 aliphatic carbocycles. The van der Waals surface area contributed by atoms with E-state index >= 15 is 0 Å². The van der Waals surface area contributed by atoms with Gasteiger partial charge in [0.05, 0.1) is 0 Å². The van der Waals surface area contributed by atoms with Crippen molar-refractivity contribution in [3.8, 4) is 11.5 Å². The summed E-state index contributed by atoms with van der Waals surface area (Å²) in [5.74, 6) is 1.25. The van der Waals surface area contributed by atoms with Gasteiger partial charge in [0.15, 0.2) is 17.5 Å². The van der Waals surface area contributed by atoms with E-state index in [0.717, 1.165) is 5.69 Å². The summed E-state index contributed by atoms with van der Waals surface area (Å²) in [7, 11) is 3.29. The highest BCUT2D eigenvalue weighted by Gasteiger charge is 2.18. The number of anilines is 1. The van der Waals surface area contributed by atoms with Crippen molar-refractivity contribution < 1.29 is 9.47 Å². The Morgan fingerprint density at radius 1 is 1.15 bits per heavy atom. The summed E-state index contributed by atoms with van der Waals surface area (Å²) in [6.07, 6.45) is 0. The van der Waals surface area contributed by atoms with Gasteiger partial charge in [0.1, 0.15) is 0 Å². The highest BCUT2D eigenvalue weighted by molar-refractivity contribution is 6.03. The molecule has 20 heavy (non-hydrogen) atoms. The third kappa shape index (κ3) is 3.11. The van der Waals surface area contributed by atoms with Gasteiger partial charge in [-0.25, -0.2) is 0 Å². The van der Waals surface area contributed by atoms with Gasteiger partial charge in [-0.15, -0.1) is 0 Å². The fourth-order valence-corrected chi connectivity index (χ4v) is 1.56. The number of guanidine groups is 2. The van der Waals surface area contributed by atoms with Crippen molar-refractivity contribution in [1.29, 1.82) is 10.8 Å². The van der Waals surface area contributed by atoms with Gasteiger partial charge in [0.25, 0.3) is 0 Å². The largest absolute Gasteiger partial charge is 0.454 e. The fraction of sp³-hybridized carbons (Fsp3) is 0.385. The molecule has 1 aromatic carbocycles. The Morgan fingerprint density at radius 3 is 2.35 bits per heavy atom. The predicted molar refractivity (Wildman–Crippen MR) is 79.7 cm³/mol. The topological polar surface area (TPSA) is 98.7 Å². The minimum atomic E-state index is -0.187. The van der Waals surface area contributed by atoms with Crippen molar-refractivity contribution in [3.63, 3.8) is 0 Å². The van der Waals surface area contributed by atoms with E-state index in [1.807, 2.05) is 19.9 Å². The van der Waals surface area contributed by atoms with E-state index in [2.05, 4.69) is 0 Å². The van der Waals surface area contributed by atoms with Crippen LogP contribution in [0.25, 0.3) is 0 Å². The van der Waals surface area contributed by atoms with Crippen LogP contribution in [-0.4, -0.2) is 37.7 Å². The van der Waals surface area contributed by atoms with E-state index in [1.165, 1.54) is 4.90 Å². The van der Waals surface area contributed by atoms with Crippen LogP contribution >= 0.6 is 0 Å². The van der Waals surface area contributed by atoms with Crippen LogP contribution in [-0.2, 0) is 0 Å². The van der Waals surface area contributed by atoms with Gasteiger partial charge in [0.2, 0.25) is 12.8 Å². The van der Waals surface area contributed by atoms with Crippen molar-refractivity contribution in [1.82, 2.24) is 4.90 Å². The molecule has 4 N–H and O–H groups in total. The molecule has 0 atom stereocenters. The van der Waals surface area contributed by atoms with Crippen LogP contribution < -0.4 is 20.1 Å². The first-order chi connectivity index (χ1) is 9.50. The number of rotatable bonds is 1. The molecule has 7 heteroatoms. The van der Waals surface area contributed by atoms with E-state index in [-0.39, 0.29) is 18.7 Å². The van der Waals surface area contributed by atoms with Crippen molar-refractivity contribution in [2.45, 2.75) is 13.8 Å². The average Bonchev–Trinajstić information content (AvgIpc) is 2.94. The van der Waals surface area contributed by atoms with Crippen LogP contribution in [0.4, 0.5) is 5.69 Å². The summed E-state index contributed by atoms with van der Waals surface area (Å²) in [6.45, 7) is 4.22. The smallest absolute Gasteiger partial charge is 0.231 e. The minimum Gasteiger partial charge on any atom is -0.454 e. The third-order valence-electron chi connectivity index (χ3n) is 2.74. The van der Waals surface area contributed by atoms with Crippen LogP contribution in [0.15, 0.2) is 18.2 Å². The number of nitrogens with two attached hydrogens (primary N) is 1. The van der Waals surface area contributed by atoms with Crippen LogP contribution in [0.5, 0.6) is 11.5 Å². The molecular formula is C13H21N5O2. The standard InChI is InChI=1S/C11H15N5O2.C2H6/c1-15(11(14)16(2)10(12)13)7-3-4-8-9(5-7)18-6-17-8;1-2/h3-5,14H,6H2,1-2H3,(H3,12,13);1-2H3. The number of ether oxygens (including phenoxy) is 2. The lowest BCUT2D eigenvalue weighted by Gasteiger charge is -2.26. The molecule has 1 heterocycles. The normalized spacial score (nSPS) is 11.2. The molecule has 0 radical (unpaired) electrons. The van der Waals surface area contributed by atoms with Crippen molar-refractivity contribution >= 4 is 17.6 Å². The summed E-state index contributed by atoms with van der Waals surface area (Å²) in [5, 5.41) is 15.2. The van der Waals surface area contributed by atoms with Crippen LogP contribution in [0, 0.1) is 10.8 Å². The Hall–Kier alpha value is -2.44. The zero-order valence-electron chi connectivity index (χ0n) is 12.2. The number of nitrogens with zero attached hydrogens (tertiary/aromatic N) is 2. The van der Waals surface area contributed by atoms with Gasteiger partial charge in [0, 0.05) is 25.8 Å². The Balaban J connectivity index is 0.000000956. The monoisotopic (exact) mass is 279 g/mol. The molecule has 7 nitrogen and oxygen atoms in total. The van der Waals surface area contributed by atoms with Crippen molar-refractivity contribution in [2.24, 2.45) is 5.73 Å². The molecule has 0 saturated carbocycles. The Morgan fingerprint density at radius 2 is 1.75 bits per heavy atom. The van der Waals surface area contributed by atoms with E-state index < -0.39 is 0 Å². The van der Waals surface area contributed by atoms with Crippen LogP contribution in [0.3, 0.4) is 0 Å². The maximum atomic E-state index is 7.92. The molecule has 0 amide bonds. The van der Waals surface area contributed by atoms with Crippen LogP contribution in [0.1, 0.15) is 13.8 Å². The molecule has 0 aromatic heterocycles. The van der Waals surface area contributed by atoms with E-state index in [4.69, 9.17) is 26.0 Å². The maximum absolute atomic E-state index is 7.92. The molecule has 0 spiro atoms. The molecule has 0 saturated heterocycles. The molecule has 1 aliphatic rings. The van der Waals surface area contributed by atoms with Gasteiger partial charge < -0.3 is 20.1 Å². The molecular weight excluding hydrogens is 258 g/mol. The Kier molecular flexibility index (Phi) is 5.19. The summed E-state index contributed by atoms with van der Waals surface area (Å²) < 4.78 is 10.5. The number of hydrogen-bond acceptors (Lipinski definition) is 4.